The van der Waals surface area contributed by atoms with Crippen LogP contribution in [0.2, 0.25) is 0 Å². The van der Waals surface area contributed by atoms with Gasteiger partial charge in [-0.25, -0.2) is 0 Å². The average Bonchev–Trinajstić information content (AvgIpc) is 2.98. The van der Waals surface area contributed by atoms with Crippen molar-refractivity contribution in [3.8, 4) is 5.75 Å². The Morgan fingerprint density at radius 2 is 2.15 bits per heavy atom. The first-order valence-electron chi connectivity index (χ1n) is 7.61. The molecule has 1 aromatic rings. The minimum Gasteiger partial charge on any atom is -0.483 e. The van der Waals surface area contributed by atoms with E-state index in [1.807, 2.05) is 12.1 Å². The minimum absolute atomic E-state index is 0.00160. The van der Waals surface area contributed by atoms with Crippen molar-refractivity contribution in [2.24, 2.45) is 0 Å². The van der Waals surface area contributed by atoms with Gasteiger partial charge in [0.05, 0.1) is 0 Å². The molecule has 2 N–H and O–H groups in total. The molecule has 1 fully saturated rings. The third-order valence-corrected chi connectivity index (χ3v) is 4.13. The standard InChI is InChI=1S/C16H22N2O2/c19-16(18-12-5-1-2-6-12)11-20-15-9-3-8-14-13(15)7-4-10-17-14/h3,8-9,12,17H,1-2,4-7,10-11H2,(H,18,19). The second kappa shape index (κ2) is 6.16. The van der Waals surface area contributed by atoms with Crippen molar-refractivity contribution < 1.29 is 9.53 Å². The average molecular weight is 274 g/mol. The first kappa shape index (κ1) is 13.3. The zero-order valence-electron chi connectivity index (χ0n) is 11.8. The highest BCUT2D eigenvalue weighted by Crippen LogP contribution is 2.30. The lowest BCUT2D eigenvalue weighted by atomic mass is 10.0. The Morgan fingerprint density at radius 3 is 3.00 bits per heavy atom. The number of hydrogen-bond acceptors (Lipinski definition) is 3. The van der Waals surface area contributed by atoms with Gasteiger partial charge in [0.15, 0.2) is 6.61 Å². The van der Waals surface area contributed by atoms with E-state index in [0.717, 1.165) is 43.7 Å². The number of anilines is 1. The Kier molecular flexibility index (Phi) is 4.09. The number of ether oxygens (including phenoxy) is 1. The maximum absolute atomic E-state index is 11.9. The van der Waals surface area contributed by atoms with Crippen LogP contribution in [0.3, 0.4) is 0 Å². The lowest BCUT2D eigenvalue weighted by Crippen LogP contribution is -2.36. The Balaban J connectivity index is 1.56. The fourth-order valence-corrected chi connectivity index (χ4v) is 3.10. The summed E-state index contributed by atoms with van der Waals surface area (Å²) in [6, 6.07) is 6.35. The van der Waals surface area contributed by atoms with Crippen LogP contribution in [-0.4, -0.2) is 25.1 Å². The van der Waals surface area contributed by atoms with E-state index >= 15 is 0 Å². The van der Waals surface area contributed by atoms with Gasteiger partial charge in [0.2, 0.25) is 0 Å². The monoisotopic (exact) mass is 274 g/mol. The molecule has 0 unspecified atom stereocenters. The summed E-state index contributed by atoms with van der Waals surface area (Å²) >= 11 is 0. The van der Waals surface area contributed by atoms with Crippen LogP contribution >= 0.6 is 0 Å². The van der Waals surface area contributed by atoms with Crippen molar-refractivity contribution in [2.45, 2.75) is 44.6 Å². The lowest BCUT2D eigenvalue weighted by Gasteiger charge is -2.21. The highest BCUT2D eigenvalue weighted by atomic mass is 16.5. The minimum atomic E-state index is -0.00160. The Morgan fingerprint density at radius 1 is 1.30 bits per heavy atom. The third-order valence-electron chi connectivity index (χ3n) is 4.13. The number of amides is 1. The van der Waals surface area contributed by atoms with Gasteiger partial charge in [-0.2, -0.15) is 0 Å². The summed E-state index contributed by atoms with van der Waals surface area (Å²) in [5.74, 6) is 0.842. The number of benzene rings is 1. The maximum atomic E-state index is 11.9. The van der Waals surface area contributed by atoms with Crippen LogP contribution in [0, 0.1) is 0 Å². The molecule has 1 aliphatic heterocycles. The summed E-state index contributed by atoms with van der Waals surface area (Å²) in [4.78, 5) is 11.9. The van der Waals surface area contributed by atoms with E-state index in [9.17, 15) is 4.79 Å². The fourth-order valence-electron chi connectivity index (χ4n) is 3.10. The molecule has 3 rings (SSSR count). The quantitative estimate of drug-likeness (QED) is 0.887. The van der Waals surface area contributed by atoms with Crippen LogP contribution in [-0.2, 0) is 11.2 Å². The van der Waals surface area contributed by atoms with Crippen molar-refractivity contribution in [3.05, 3.63) is 23.8 Å². The number of carbonyl (C=O) groups excluding carboxylic acids is 1. The molecule has 1 saturated carbocycles. The van der Waals surface area contributed by atoms with E-state index in [-0.39, 0.29) is 12.5 Å². The number of carbonyl (C=O) groups is 1. The molecule has 0 radical (unpaired) electrons. The van der Waals surface area contributed by atoms with Gasteiger partial charge in [0.1, 0.15) is 5.75 Å². The van der Waals surface area contributed by atoms with Crippen molar-refractivity contribution in [2.75, 3.05) is 18.5 Å². The normalized spacial score (nSPS) is 18.2. The highest BCUT2D eigenvalue weighted by molar-refractivity contribution is 5.78. The van der Waals surface area contributed by atoms with Gasteiger partial charge >= 0.3 is 0 Å². The summed E-state index contributed by atoms with van der Waals surface area (Å²) < 4.78 is 5.72. The van der Waals surface area contributed by atoms with Gasteiger partial charge in [-0.15, -0.1) is 0 Å². The first-order valence-corrected chi connectivity index (χ1v) is 7.61. The van der Waals surface area contributed by atoms with E-state index in [1.54, 1.807) is 0 Å². The second-order valence-electron chi connectivity index (χ2n) is 5.65. The predicted molar refractivity (Wildman–Crippen MR) is 79.1 cm³/mol. The van der Waals surface area contributed by atoms with Crippen molar-refractivity contribution in [1.82, 2.24) is 5.32 Å². The lowest BCUT2D eigenvalue weighted by molar-refractivity contribution is -0.123. The fraction of sp³-hybridized carbons (Fsp3) is 0.562. The summed E-state index contributed by atoms with van der Waals surface area (Å²) in [5.41, 5.74) is 2.34. The van der Waals surface area contributed by atoms with E-state index in [4.69, 9.17) is 4.74 Å². The van der Waals surface area contributed by atoms with Crippen LogP contribution in [0.4, 0.5) is 5.69 Å². The van der Waals surface area contributed by atoms with Crippen LogP contribution in [0.5, 0.6) is 5.75 Å². The van der Waals surface area contributed by atoms with Gasteiger partial charge in [0, 0.05) is 23.8 Å². The molecule has 0 aromatic heterocycles. The largest absolute Gasteiger partial charge is 0.483 e. The summed E-state index contributed by atoms with van der Waals surface area (Å²) in [6.45, 7) is 1.13. The molecule has 4 heteroatoms. The molecule has 1 amide bonds. The smallest absolute Gasteiger partial charge is 0.258 e. The Hall–Kier alpha value is -1.71. The van der Waals surface area contributed by atoms with Gasteiger partial charge in [-0.3, -0.25) is 4.79 Å². The molecular formula is C16H22N2O2. The number of rotatable bonds is 4. The topological polar surface area (TPSA) is 50.4 Å². The molecule has 1 aromatic carbocycles. The highest BCUT2D eigenvalue weighted by Gasteiger charge is 2.18. The van der Waals surface area contributed by atoms with E-state index < -0.39 is 0 Å². The van der Waals surface area contributed by atoms with Gasteiger partial charge in [0.25, 0.3) is 5.91 Å². The van der Waals surface area contributed by atoms with Crippen LogP contribution in [0.15, 0.2) is 18.2 Å². The number of hydrogen-bond donors (Lipinski definition) is 2. The van der Waals surface area contributed by atoms with Gasteiger partial charge < -0.3 is 15.4 Å². The van der Waals surface area contributed by atoms with Gasteiger partial charge in [-0.05, 0) is 37.8 Å². The SMILES string of the molecule is O=C(COc1cccc2c1CCCN2)NC1CCCC1. The van der Waals surface area contributed by atoms with E-state index in [2.05, 4.69) is 16.7 Å². The van der Waals surface area contributed by atoms with E-state index in [0.29, 0.717) is 6.04 Å². The molecule has 0 atom stereocenters. The number of fused-ring (bicyclic) bond motifs is 1. The zero-order valence-corrected chi connectivity index (χ0v) is 11.8. The summed E-state index contributed by atoms with van der Waals surface area (Å²) in [5, 5.41) is 6.42. The molecule has 0 spiro atoms. The number of nitrogens with one attached hydrogen (secondary N) is 2. The Labute approximate surface area is 119 Å². The molecule has 4 nitrogen and oxygen atoms in total. The molecule has 1 heterocycles. The Bertz CT molecular complexity index is 481. The van der Waals surface area contributed by atoms with Gasteiger partial charge in [-0.1, -0.05) is 18.9 Å². The van der Waals surface area contributed by atoms with Crippen LogP contribution in [0.25, 0.3) is 0 Å². The van der Waals surface area contributed by atoms with Crippen LogP contribution < -0.4 is 15.4 Å². The first-order chi connectivity index (χ1) is 9.83. The summed E-state index contributed by atoms with van der Waals surface area (Å²) in [6.07, 6.45) is 6.80. The molecule has 0 bridgehead atoms. The van der Waals surface area contributed by atoms with Crippen molar-refractivity contribution in [3.63, 3.8) is 0 Å². The van der Waals surface area contributed by atoms with Crippen molar-refractivity contribution >= 4 is 11.6 Å². The zero-order chi connectivity index (χ0) is 13.8. The third kappa shape index (κ3) is 3.06. The maximum Gasteiger partial charge on any atom is 0.258 e. The van der Waals surface area contributed by atoms with Crippen molar-refractivity contribution in [1.29, 1.82) is 0 Å². The predicted octanol–water partition coefficient (Wildman–Crippen LogP) is 2.48. The summed E-state index contributed by atoms with van der Waals surface area (Å²) in [7, 11) is 0. The molecule has 108 valence electrons. The molecule has 20 heavy (non-hydrogen) atoms. The second-order valence-corrected chi connectivity index (χ2v) is 5.65. The molecule has 0 saturated heterocycles. The molecular weight excluding hydrogens is 252 g/mol. The molecule has 1 aliphatic carbocycles. The van der Waals surface area contributed by atoms with E-state index in [1.165, 1.54) is 18.4 Å². The van der Waals surface area contributed by atoms with Crippen LogP contribution in [0.1, 0.15) is 37.7 Å². The molecule has 2 aliphatic rings.